The molecule has 0 unspecified atom stereocenters. The molecule has 0 bridgehead atoms. The van der Waals surface area contributed by atoms with Gasteiger partial charge in [0.1, 0.15) is 11.4 Å². The second-order valence-corrected chi connectivity index (χ2v) is 3.80. The molecule has 1 saturated carbocycles. The minimum Gasteiger partial charge on any atom is -0.428 e. The molecule has 1 aliphatic heterocycles. The van der Waals surface area contributed by atoms with Crippen LogP contribution in [0.2, 0.25) is 0 Å². The Balaban J connectivity index is 2.23. The van der Waals surface area contributed by atoms with Gasteiger partial charge in [0.2, 0.25) is 0 Å². The van der Waals surface area contributed by atoms with E-state index in [2.05, 4.69) is 0 Å². The van der Waals surface area contributed by atoms with Crippen LogP contribution in [0.1, 0.15) is 33.1 Å². The molecule has 0 aromatic rings. The summed E-state index contributed by atoms with van der Waals surface area (Å²) in [6, 6.07) is 0. The molecule has 0 radical (unpaired) electrons. The summed E-state index contributed by atoms with van der Waals surface area (Å²) in [4.78, 5) is 10.9. The van der Waals surface area contributed by atoms with Crippen LogP contribution in [0.4, 0.5) is 0 Å². The third-order valence-corrected chi connectivity index (χ3v) is 2.61. The average Bonchev–Trinajstić information content (AvgIpc) is 2.79. The van der Waals surface area contributed by atoms with Crippen LogP contribution in [0.5, 0.6) is 0 Å². The van der Waals surface area contributed by atoms with Gasteiger partial charge in [0.15, 0.2) is 0 Å². The lowest BCUT2D eigenvalue weighted by atomic mass is 10.1. The maximum atomic E-state index is 10.9. The highest BCUT2D eigenvalue weighted by Gasteiger charge is 2.52. The number of hydrogen-bond donors (Lipinski definition) is 0. The Morgan fingerprint density at radius 3 is 2.77 bits per heavy atom. The van der Waals surface area contributed by atoms with Crippen molar-refractivity contribution in [2.75, 3.05) is 6.61 Å². The normalized spacial score (nSPS) is 24.8. The van der Waals surface area contributed by atoms with Crippen molar-refractivity contribution in [3.05, 3.63) is 11.3 Å². The third kappa shape index (κ3) is 1.48. The standard InChI is InChI=1S/C10H14O3/c1-7-3-6-12-10(4-5-10)9(7)13-8(2)11/h3-6H2,1-2H3. The van der Waals surface area contributed by atoms with Crippen LogP contribution in [0.3, 0.4) is 0 Å². The van der Waals surface area contributed by atoms with E-state index in [4.69, 9.17) is 9.47 Å². The lowest BCUT2D eigenvalue weighted by molar-refractivity contribution is -0.140. The molecule has 1 heterocycles. The van der Waals surface area contributed by atoms with Gasteiger partial charge in [0, 0.05) is 6.92 Å². The number of ether oxygens (including phenoxy) is 2. The molecule has 3 nitrogen and oxygen atoms in total. The van der Waals surface area contributed by atoms with Crippen molar-refractivity contribution in [2.45, 2.75) is 38.7 Å². The third-order valence-electron chi connectivity index (χ3n) is 2.61. The fourth-order valence-corrected chi connectivity index (χ4v) is 1.78. The first-order valence-electron chi connectivity index (χ1n) is 4.67. The molecule has 1 fully saturated rings. The van der Waals surface area contributed by atoms with Crippen molar-refractivity contribution in [3.8, 4) is 0 Å². The van der Waals surface area contributed by atoms with Gasteiger partial charge >= 0.3 is 5.97 Å². The van der Waals surface area contributed by atoms with E-state index in [1.165, 1.54) is 12.5 Å². The van der Waals surface area contributed by atoms with Gasteiger partial charge in [0.25, 0.3) is 0 Å². The molecule has 3 heteroatoms. The summed E-state index contributed by atoms with van der Waals surface area (Å²) in [6.07, 6.45) is 2.87. The zero-order valence-corrected chi connectivity index (χ0v) is 8.05. The Morgan fingerprint density at radius 2 is 2.23 bits per heavy atom. The van der Waals surface area contributed by atoms with Crippen molar-refractivity contribution in [3.63, 3.8) is 0 Å². The van der Waals surface area contributed by atoms with Crippen LogP contribution in [0.25, 0.3) is 0 Å². The van der Waals surface area contributed by atoms with E-state index in [9.17, 15) is 4.79 Å². The summed E-state index contributed by atoms with van der Waals surface area (Å²) in [5.74, 6) is 0.539. The first-order chi connectivity index (χ1) is 6.14. The smallest absolute Gasteiger partial charge is 0.307 e. The Hall–Kier alpha value is -0.830. The van der Waals surface area contributed by atoms with Crippen LogP contribution >= 0.6 is 0 Å². The second kappa shape index (κ2) is 2.84. The molecule has 0 saturated heterocycles. The number of esters is 1. The SMILES string of the molecule is CC(=O)OC1=C(C)CCOC12CC2. The molecule has 0 aromatic heterocycles. The number of carbonyl (C=O) groups excluding carboxylic acids is 1. The Labute approximate surface area is 77.7 Å². The molecule has 2 rings (SSSR count). The van der Waals surface area contributed by atoms with Gasteiger partial charge in [0.05, 0.1) is 6.61 Å². The molecule has 13 heavy (non-hydrogen) atoms. The van der Waals surface area contributed by atoms with E-state index in [1.54, 1.807) is 0 Å². The van der Waals surface area contributed by atoms with Gasteiger partial charge in [-0.15, -0.1) is 0 Å². The average molecular weight is 182 g/mol. The molecule has 1 aliphatic carbocycles. The molecular formula is C10H14O3. The molecule has 0 atom stereocenters. The number of rotatable bonds is 1. The minimum absolute atomic E-state index is 0.214. The summed E-state index contributed by atoms with van der Waals surface area (Å²) in [6.45, 7) is 4.21. The van der Waals surface area contributed by atoms with Gasteiger partial charge in [-0.25, -0.2) is 0 Å². The second-order valence-electron chi connectivity index (χ2n) is 3.80. The minimum atomic E-state index is -0.244. The highest BCUT2D eigenvalue weighted by Crippen LogP contribution is 2.50. The van der Waals surface area contributed by atoms with Crippen molar-refractivity contribution in [2.24, 2.45) is 0 Å². The predicted octanol–water partition coefficient (Wildman–Crippen LogP) is 1.78. The fraction of sp³-hybridized carbons (Fsp3) is 0.700. The summed E-state index contributed by atoms with van der Waals surface area (Å²) < 4.78 is 10.8. The molecule has 0 aromatic carbocycles. The molecule has 72 valence electrons. The quantitative estimate of drug-likeness (QED) is 0.580. The summed E-state index contributed by atoms with van der Waals surface area (Å²) >= 11 is 0. The predicted molar refractivity (Wildman–Crippen MR) is 47.0 cm³/mol. The zero-order chi connectivity index (χ0) is 9.47. The lowest BCUT2D eigenvalue weighted by Crippen LogP contribution is -2.27. The van der Waals surface area contributed by atoms with E-state index in [0.717, 1.165) is 31.6 Å². The monoisotopic (exact) mass is 182 g/mol. The van der Waals surface area contributed by atoms with Crippen LogP contribution in [0, 0.1) is 0 Å². The van der Waals surface area contributed by atoms with E-state index >= 15 is 0 Å². The van der Waals surface area contributed by atoms with Gasteiger partial charge < -0.3 is 9.47 Å². The Morgan fingerprint density at radius 1 is 1.54 bits per heavy atom. The molecule has 1 spiro atoms. The molecule has 2 aliphatic rings. The maximum absolute atomic E-state index is 10.9. The first-order valence-corrected chi connectivity index (χ1v) is 4.67. The number of carbonyl (C=O) groups is 1. The zero-order valence-electron chi connectivity index (χ0n) is 8.05. The molecular weight excluding hydrogens is 168 g/mol. The maximum Gasteiger partial charge on any atom is 0.307 e. The highest BCUT2D eigenvalue weighted by atomic mass is 16.6. The van der Waals surface area contributed by atoms with Crippen LogP contribution in [-0.2, 0) is 14.3 Å². The number of hydrogen-bond acceptors (Lipinski definition) is 3. The van der Waals surface area contributed by atoms with Gasteiger partial charge in [-0.3, -0.25) is 4.79 Å². The van der Waals surface area contributed by atoms with Crippen LogP contribution in [-0.4, -0.2) is 18.2 Å². The topological polar surface area (TPSA) is 35.5 Å². The van der Waals surface area contributed by atoms with Gasteiger partial charge in [-0.2, -0.15) is 0 Å². The first kappa shape index (κ1) is 8.75. The van der Waals surface area contributed by atoms with Crippen molar-refractivity contribution in [1.82, 2.24) is 0 Å². The van der Waals surface area contributed by atoms with Crippen LogP contribution in [0.15, 0.2) is 11.3 Å². The van der Waals surface area contributed by atoms with E-state index < -0.39 is 0 Å². The summed E-state index contributed by atoms with van der Waals surface area (Å²) in [5.41, 5.74) is 0.951. The summed E-state index contributed by atoms with van der Waals surface area (Å²) in [7, 11) is 0. The Bertz CT molecular complexity index is 274. The molecule has 0 N–H and O–H groups in total. The van der Waals surface area contributed by atoms with E-state index in [0.29, 0.717) is 0 Å². The van der Waals surface area contributed by atoms with Gasteiger partial charge in [-0.05, 0) is 31.8 Å². The fourth-order valence-electron chi connectivity index (χ4n) is 1.78. The lowest BCUT2D eigenvalue weighted by Gasteiger charge is -2.26. The molecule has 0 amide bonds. The van der Waals surface area contributed by atoms with E-state index in [-0.39, 0.29) is 11.6 Å². The van der Waals surface area contributed by atoms with Crippen molar-refractivity contribution >= 4 is 5.97 Å². The summed E-state index contributed by atoms with van der Waals surface area (Å²) in [5, 5.41) is 0. The van der Waals surface area contributed by atoms with Crippen molar-refractivity contribution in [1.29, 1.82) is 0 Å². The van der Waals surface area contributed by atoms with Gasteiger partial charge in [-0.1, -0.05) is 0 Å². The van der Waals surface area contributed by atoms with E-state index in [1.807, 2.05) is 6.92 Å². The van der Waals surface area contributed by atoms with Crippen LogP contribution < -0.4 is 0 Å². The highest BCUT2D eigenvalue weighted by molar-refractivity contribution is 5.68. The van der Waals surface area contributed by atoms with Crippen molar-refractivity contribution < 1.29 is 14.3 Å². The Kier molecular flexibility index (Phi) is 1.91. The largest absolute Gasteiger partial charge is 0.428 e.